The summed E-state index contributed by atoms with van der Waals surface area (Å²) < 4.78 is 60.9. The molecule has 0 spiro atoms. The van der Waals surface area contributed by atoms with E-state index in [1.807, 2.05) is 12.2 Å². The summed E-state index contributed by atoms with van der Waals surface area (Å²) in [5.74, 6) is -1.71. The third-order valence-electron chi connectivity index (χ3n) is 13.8. The molecule has 0 fully saturated rings. The van der Waals surface area contributed by atoms with Crippen LogP contribution in [0.3, 0.4) is 0 Å². The molecule has 0 bridgehead atoms. The lowest BCUT2D eigenvalue weighted by molar-refractivity contribution is -0.161. The smallest absolute Gasteiger partial charge is 0.463 e. The van der Waals surface area contributed by atoms with Gasteiger partial charge in [-0.25, -0.2) is 9.13 Å². The fraction of sp³-hybridized carbons (Fsp3) is 0.557. The van der Waals surface area contributed by atoms with Gasteiger partial charge in [-0.05, 0) is 154 Å². The van der Waals surface area contributed by atoms with Crippen LogP contribution in [-0.2, 0) is 55.8 Å². The molecule has 546 valence electrons. The van der Waals surface area contributed by atoms with Gasteiger partial charge < -0.3 is 34.2 Å². The molecule has 0 aliphatic carbocycles. The summed E-state index contributed by atoms with van der Waals surface area (Å²) in [7, 11) is -9.84. The zero-order valence-electron chi connectivity index (χ0n) is 59.2. The number of hydrogen-bond donors (Lipinski definition) is 4. The number of aliphatic hydroxyl groups is 2. The van der Waals surface area contributed by atoms with E-state index < -0.39 is 91.5 Å². The lowest BCUT2D eigenvalue weighted by Crippen LogP contribution is -2.30. The number of aliphatic hydroxyl groups excluding tert-OH is 2. The van der Waals surface area contributed by atoms with Gasteiger partial charge in [0.25, 0.3) is 0 Å². The average Bonchev–Trinajstić information content (AvgIpc) is 3.63. The van der Waals surface area contributed by atoms with Crippen molar-refractivity contribution in [3.05, 3.63) is 194 Å². The molecule has 0 rings (SSSR count). The first kappa shape index (κ1) is 91.4. The van der Waals surface area contributed by atoms with Gasteiger partial charge in [-0.15, -0.1) is 0 Å². The van der Waals surface area contributed by atoms with Crippen molar-refractivity contribution in [1.82, 2.24) is 0 Å². The Morgan fingerprint density at radius 1 is 0.289 bits per heavy atom. The van der Waals surface area contributed by atoms with Crippen LogP contribution in [0.4, 0.5) is 0 Å². The summed E-state index contributed by atoms with van der Waals surface area (Å²) in [5, 5.41) is 20.6. The first-order chi connectivity index (χ1) is 47.2. The summed E-state index contributed by atoms with van der Waals surface area (Å²) in [6.45, 7) is 2.16. The molecule has 0 aromatic rings. The van der Waals surface area contributed by atoms with E-state index in [1.165, 1.54) is 0 Å². The van der Waals surface area contributed by atoms with E-state index in [4.69, 9.17) is 32.3 Å². The number of hydrogen-bond acceptors (Lipinski definition) is 14. The minimum Gasteiger partial charge on any atom is -0.463 e. The van der Waals surface area contributed by atoms with Gasteiger partial charge in [-0.2, -0.15) is 0 Å². The molecule has 5 unspecified atom stereocenters. The number of phosphoric acid groups is 2. The van der Waals surface area contributed by atoms with Gasteiger partial charge in [0.05, 0.1) is 26.4 Å². The maximum atomic E-state index is 12.9. The van der Waals surface area contributed by atoms with Crippen molar-refractivity contribution in [2.45, 2.75) is 245 Å². The molecule has 0 aliphatic rings. The number of rotatable bonds is 65. The number of allylic oxidation sites excluding steroid dienone is 32. The molecule has 0 aliphatic heterocycles. The summed E-state index contributed by atoms with van der Waals surface area (Å²) in [6, 6.07) is 0. The highest BCUT2D eigenvalue weighted by atomic mass is 31.2. The van der Waals surface area contributed by atoms with Gasteiger partial charge in [0.1, 0.15) is 25.4 Å². The van der Waals surface area contributed by atoms with Crippen LogP contribution in [0.15, 0.2) is 194 Å². The van der Waals surface area contributed by atoms with Crippen LogP contribution in [0.5, 0.6) is 0 Å². The summed E-state index contributed by atoms with van der Waals surface area (Å²) >= 11 is 0. The molecule has 4 N–H and O–H groups in total. The Hall–Kier alpha value is -5.61. The number of esters is 3. The second kappa shape index (κ2) is 70.3. The first-order valence-corrected chi connectivity index (χ1v) is 38.7. The third kappa shape index (κ3) is 71.5. The van der Waals surface area contributed by atoms with Crippen LogP contribution in [0.2, 0.25) is 0 Å². The molecule has 0 aromatic carbocycles. The quantitative estimate of drug-likeness (QED) is 0.0146. The Morgan fingerprint density at radius 2 is 0.526 bits per heavy atom. The highest BCUT2D eigenvalue weighted by Gasteiger charge is 2.29. The van der Waals surface area contributed by atoms with Crippen LogP contribution in [0, 0.1) is 0 Å². The van der Waals surface area contributed by atoms with Crippen LogP contribution >= 0.6 is 15.6 Å². The summed E-state index contributed by atoms with van der Waals surface area (Å²) in [5.41, 5.74) is 0. The minimum atomic E-state index is -4.96. The molecule has 18 heteroatoms. The maximum absolute atomic E-state index is 12.9. The van der Waals surface area contributed by atoms with Crippen molar-refractivity contribution in [1.29, 1.82) is 0 Å². The minimum absolute atomic E-state index is 0.0122. The highest BCUT2D eigenvalue weighted by molar-refractivity contribution is 7.47. The van der Waals surface area contributed by atoms with Crippen LogP contribution < -0.4 is 0 Å². The summed E-state index contributed by atoms with van der Waals surface area (Å²) in [4.78, 5) is 58.5. The number of unbranched alkanes of at least 4 members (excludes halogenated alkanes) is 10. The van der Waals surface area contributed by atoms with E-state index in [1.54, 1.807) is 0 Å². The van der Waals surface area contributed by atoms with E-state index in [2.05, 4.69) is 203 Å². The zero-order chi connectivity index (χ0) is 70.9. The van der Waals surface area contributed by atoms with E-state index >= 15 is 0 Å². The molecule has 0 saturated heterocycles. The average molecular weight is 1390 g/mol. The second-order valence-corrected chi connectivity index (χ2v) is 25.8. The molecule has 0 radical (unpaired) electrons. The van der Waals surface area contributed by atoms with E-state index in [0.717, 1.165) is 161 Å². The Labute approximate surface area is 585 Å². The van der Waals surface area contributed by atoms with Gasteiger partial charge >= 0.3 is 33.6 Å². The van der Waals surface area contributed by atoms with Gasteiger partial charge in [-0.1, -0.05) is 247 Å². The van der Waals surface area contributed by atoms with Crippen molar-refractivity contribution < 1.29 is 75.8 Å². The van der Waals surface area contributed by atoms with Crippen LogP contribution in [0.25, 0.3) is 0 Å². The Morgan fingerprint density at radius 3 is 0.845 bits per heavy atom. The Balaban J connectivity index is 4.79. The predicted molar refractivity (Wildman–Crippen MR) is 398 cm³/mol. The molecule has 0 saturated carbocycles. The Bertz CT molecular complexity index is 2540. The normalized spacial score (nSPS) is 15.2. The first-order valence-electron chi connectivity index (χ1n) is 35.7. The lowest BCUT2D eigenvalue weighted by atomic mass is 10.1. The van der Waals surface area contributed by atoms with Crippen LogP contribution in [-0.4, -0.2) is 95.9 Å². The highest BCUT2D eigenvalue weighted by Crippen LogP contribution is 2.45. The topological polar surface area (TPSA) is 231 Å². The van der Waals surface area contributed by atoms with E-state index in [0.29, 0.717) is 25.7 Å². The predicted octanol–water partition coefficient (Wildman–Crippen LogP) is 20.4. The molecule has 97 heavy (non-hydrogen) atoms. The molecule has 0 amide bonds. The maximum Gasteiger partial charge on any atom is 0.472 e. The number of carbonyl (C=O) groups is 3. The van der Waals surface area contributed by atoms with Crippen molar-refractivity contribution in [3.63, 3.8) is 0 Å². The lowest BCUT2D eigenvalue weighted by Gasteiger charge is -2.21. The molecule has 5 atom stereocenters. The fourth-order valence-corrected chi connectivity index (χ4v) is 10.0. The standard InChI is InChI=1S/C79H124O16P2/c1-4-7-10-13-16-19-22-25-28-31-33-35-36-38-40-42-44-47-50-53-56-59-62-65-77(82)89-68-74(80)69-91-96(85,86)92-70-75(81)71-93-97(87,88)94-73-76(95-79(84)67-64-61-58-55-52-49-46-41-30-27-24-21-18-15-12-9-6-3)72-90-78(83)66-63-60-57-54-51-48-45-43-39-37-34-32-29-26-23-20-17-14-11-8-5-2/h7-12,16-21,25-30,33-35,37-38,40,43-47,49,55,58,74-76,80-81H,4-6,13-15,22-24,31-32,36,39,41-42,48,50-54,56-57,59-73H2,1-3H3,(H,85,86)(H,87,88)/b10-7-,11-8-,12-9-,19-16-,20-17-,21-18-,28-25-,29-26-,30-27-,35-33-,37-34-,40-38-,45-43-,47-44-,49-46-,58-55-. The third-order valence-corrected chi connectivity index (χ3v) is 15.7. The van der Waals surface area contributed by atoms with Crippen molar-refractivity contribution in [2.24, 2.45) is 0 Å². The monoisotopic (exact) mass is 1390 g/mol. The number of phosphoric ester groups is 2. The number of ether oxygens (including phenoxy) is 3. The van der Waals surface area contributed by atoms with E-state index in [9.17, 15) is 43.5 Å². The van der Waals surface area contributed by atoms with Crippen molar-refractivity contribution in [3.8, 4) is 0 Å². The molecule has 16 nitrogen and oxygen atoms in total. The molecular weight excluding hydrogens is 1270 g/mol. The van der Waals surface area contributed by atoms with Gasteiger partial charge in [-0.3, -0.25) is 32.5 Å². The largest absolute Gasteiger partial charge is 0.472 e. The SMILES string of the molecule is CC/C=C\C/C=C\C/C=C\C/C=C\C/C=C\C/C=C\CCCCCCC(=O)OCC(O)COP(=O)(O)OCC(O)COP(=O)(O)OCC(COC(=O)CCCCCCC/C=C\C/C=C\C/C=C\C/C=C\C/C=C\CC)OC(=O)CCC/C=C\C/C=C\C/C=C\C/C=C\C/C=C\CC. The zero-order valence-corrected chi connectivity index (χ0v) is 60.9. The molecule has 0 heterocycles. The van der Waals surface area contributed by atoms with Gasteiger partial charge in [0.15, 0.2) is 6.10 Å². The number of carbonyl (C=O) groups excluding carboxylic acids is 3. The Kier molecular flexibility index (Phi) is 66.2. The van der Waals surface area contributed by atoms with Crippen molar-refractivity contribution >= 4 is 33.6 Å². The van der Waals surface area contributed by atoms with Crippen molar-refractivity contribution in [2.75, 3.05) is 39.6 Å². The second-order valence-electron chi connectivity index (χ2n) is 22.9. The van der Waals surface area contributed by atoms with Gasteiger partial charge in [0, 0.05) is 19.3 Å². The van der Waals surface area contributed by atoms with Crippen LogP contribution in [0.1, 0.15) is 226 Å². The molecular formula is C79H124O16P2. The fourth-order valence-electron chi connectivity index (χ4n) is 8.46. The summed E-state index contributed by atoms with van der Waals surface area (Å²) in [6.07, 6.45) is 90.5. The van der Waals surface area contributed by atoms with E-state index in [-0.39, 0.29) is 19.3 Å². The molecule has 0 aromatic heterocycles. The van der Waals surface area contributed by atoms with Gasteiger partial charge in [0.2, 0.25) is 0 Å².